The van der Waals surface area contributed by atoms with Crippen molar-refractivity contribution in [2.45, 2.75) is 24.3 Å². The minimum absolute atomic E-state index is 0.323. The number of nitrogens with one attached hydrogen (secondary N) is 1. The van der Waals surface area contributed by atoms with Crippen LogP contribution in [0.15, 0.2) is 28.2 Å². The van der Waals surface area contributed by atoms with Gasteiger partial charge < -0.3 is 0 Å². The normalized spacial score (nSPS) is 18.4. The van der Waals surface area contributed by atoms with Gasteiger partial charge in [0.25, 0.3) is 10.0 Å². The Balaban J connectivity index is 2.28. The Morgan fingerprint density at radius 1 is 1.40 bits per heavy atom. The summed E-state index contributed by atoms with van der Waals surface area (Å²) in [7, 11) is -4.65. The molecule has 1 unspecified atom stereocenters. The van der Waals surface area contributed by atoms with Gasteiger partial charge in [0.2, 0.25) is 0 Å². The summed E-state index contributed by atoms with van der Waals surface area (Å²) in [6, 6.07) is 1.22. The van der Waals surface area contributed by atoms with E-state index in [1.807, 2.05) is 0 Å². The Labute approximate surface area is 114 Å². The van der Waals surface area contributed by atoms with Gasteiger partial charge in [-0.2, -0.15) is 5.10 Å². The van der Waals surface area contributed by atoms with Gasteiger partial charge in [-0.15, -0.1) is 0 Å². The first-order chi connectivity index (χ1) is 9.33. The Morgan fingerprint density at radius 2 is 2.00 bits per heavy atom. The highest BCUT2D eigenvalue weighted by molar-refractivity contribution is 7.90. The molecule has 20 heavy (non-hydrogen) atoms. The number of hydrogen-bond donors (Lipinski definition) is 1. The lowest BCUT2D eigenvalue weighted by Crippen LogP contribution is -2.42. The van der Waals surface area contributed by atoms with E-state index in [-0.39, 0.29) is 6.04 Å². The molecule has 108 valence electrons. The van der Waals surface area contributed by atoms with Crippen LogP contribution in [0.2, 0.25) is 0 Å². The van der Waals surface area contributed by atoms with Crippen LogP contribution in [0.3, 0.4) is 0 Å². The molecule has 0 saturated carbocycles. The Morgan fingerprint density at radius 3 is 2.50 bits per heavy atom. The average Bonchev–Trinajstić information content (AvgIpc) is 2.74. The van der Waals surface area contributed by atoms with Gasteiger partial charge >= 0.3 is 6.03 Å². The molecule has 0 radical (unpaired) electrons. The van der Waals surface area contributed by atoms with E-state index in [4.69, 9.17) is 0 Å². The molecule has 0 aliphatic carbocycles. The fraction of sp³-hybridized carbons (Fsp3) is 0.273. The summed E-state index contributed by atoms with van der Waals surface area (Å²) >= 11 is 0. The molecular formula is C11H11F2N3O3S. The van der Waals surface area contributed by atoms with Crippen molar-refractivity contribution >= 4 is 22.3 Å². The molecule has 2 amide bonds. The van der Waals surface area contributed by atoms with Crippen LogP contribution < -0.4 is 4.72 Å². The zero-order chi connectivity index (χ0) is 14.9. The topological polar surface area (TPSA) is 78.8 Å². The summed E-state index contributed by atoms with van der Waals surface area (Å²) in [6.45, 7) is 1.66. The zero-order valence-corrected chi connectivity index (χ0v) is 11.2. The van der Waals surface area contributed by atoms with E-state index in [9.17, 15) is 22.0 Å². The van der Waals surface area contributed by atoms with E-state index in [0.29, 0.717) is 6.42 Å². The van der Waals surface area contributed by atoms with Crippen LogP contribution in [-0.2, 0) is 10.0 Å². The number of hydrazone groups is 1. The van der Waals surface area contributed by atoms with Crippen molar-refractivity contribution in [2.75, 3.05) is 0 Å². The van der Waals surface area contributed by atoms with E-state index < -0.39 is 32.6 Å². The molecule has 0 saturated heterocycles. The number of halogens is 2. The number of carbonyl (C=O) groups excluding carboxylic acids is 1. The van der Waals surface area contributed by atoms with Crippen molar-refractivity contribution in [1.82, 2.24) is 9.73 Å². The van der Waals surface area contributed by atoms with Gasteiger partial charge in [-0.1, -0.05) is 6.07 Å². The molecule has 1 aliphatic rings. The van der Waals surface area contributed by atoms with Crippen LogP contribution in [0.25, 0.3) is 0 Å². The summed E-state index contributed by atoms with van der Waals surface area (Å²) in [5.41, 5.74) is 0. The van der Waals surface area contributed by atoms with Gasteiger partial charge in [-0.3, -0.25) is 0 Å². The first kappa shape index (κ1) is 14.4. The van der Waals surface area contributed by atoms with E-state index in [1.54, 1.807) is 11.6 Å². The fourth-order valence-electron chi connectivity index (χ4n) is 1.71. The molecule has 0 spiro atoms. The fourth-order valence-corrected chi connectivity index (χ4v) is 2.78. The van der Waals surface area contributed by atoms with Crippen LogP contribution in [0.4, 0.5) is 13.6 Å². The predicted octanol–water partition coefficient (Wildman–Crippen LogP) is 1.44. The molecule has 0 aromatic heterocycles. The standard InChI is InChI=1S/C11H11F2N3O3S/c1-7-5-6-14-16(7)11(17)15-20(18,19)10-8(12)3-2-4-9(10)13/h2-4,6-7H,5H2,1H3,(H,15,17). The molecule has 6 nitrogen and oxygen atoms in total. The first-order valence-corrected chi connectivity index (χ1v) is 7.13. The van der Waals surface area contributed by atoms with Crippen molar-refractivity contribution < 1.29 is 22.0 Å². The molecule has 9 heteroatoms. The summed E-state index contributed by atoms with van der Waals surface area (Å²) in [5, 5.41) is 4.58. The van der Waals surface area contributed by atoms with Crippen molar-refractivity contribution in [3.05, 3.63) is 29.8 Å². The average molecular weight is 303 g/mol. The van der Waals surface area contributed by atoms with Crippen LogP contribution in [0.5, 0.6) is 0 Å². The van der Waals surface area contributed by atoms with Crippen LogP contribution >= 0.6 is 0 Å². The Hall–Kier alpha value is -2.03. The first-order valence-electron chi connectivity index (χ1n) is 5.65. The third kappa shape index (κ3) is 2.62. The van der Waals surface area contributed by atoms with E-state index in [1.165, 1.54) is 6.21 Å². The van der Waals surface area contributed by atoms with Crippen molar-refractivity contribution in [2.24, 2.45) is 5.10 Å². The third-order valence-corrected chi connectivity index (χ3v) is 4.06. The van der Waals surface area contributed by atoms with Crippen LogP contribution in [0, 0.1) is 11.6 Å². The van der Waals surface area contributed by atoms with Gasteiger partial charge in [-0.25, -0.2) is 31.7 Å². The van der Waals surface area contributed by atoms with Crippen LogP contribution in [-0.4, -0.2) is 31.7 Å². The maximum atomic E-state index is 13.4. The SMILES string of the molecule is CC1CC=NN1C(=O)NS(=O)(=O)c1c(F)cccc1F. The lowest BCUT2D eigenvalue weighted by Gasteiger charge is -2.18. The Kier molecular flexibility index (Phi) is 3.71. The highest BCUT2D eigenvalue weighted by Crippen LogP contribution is 2.19. The highest BCUT2D eigenvalue weighted by atomic mass is 32.2. The summed E-state index contributed by atoms with van der Waals surface area (Å²) in [4.78, 5) is 10.6. The van der Waals surface area contributed by atoms with E-state index >= 15 is 0 Å². The highest BCUT2D eigenvalue weighted by Gasteiger charge is 2.30. The Bertz CT molecular complexity index is 655. The molecular weight excluding hydrogens is 292 g/mol. The molecule has 0 bridgehead atoms. The van der Waals surface area contributed by atoms with E-state index in [2.05, 4.69) is 5.10 Å². The summed E-state index contributed by atoms with van der Waals surface area (Å²) in [6.07, 6.45) is 1.92. The summed E-state index contributed by atoms with van der Waals surface area (Å²) in [5.74, 6) is -2.55. The molecule has 2 rings (SSSR count). The number of benzene rings is 1. The van der Waals surface area contributed by atoms with Crippen LogP contribution in [0.1, 0.15) is 13.3 Å². The number of amides is 2. The quantitative estimate of drug-likeness (QED) is 0.898. The molecule has 1 aromatic rings. The number of sulfonamides is 1. The van der Waals surface area contributed by atoms with E-state index in [0.717, 1.165) is 23.2 Å². The largest absolute Gasteiger partial charge is 0.351 e. The molecule has 1 atom stereocenters. The lowest BCUT2D eigenvalue weighted by atomic mass is 10.3. The molecule has 1 aliphatic heterocycles. The molecule has 1 aromatic carbocycles. The minimum Gasteiger partial charge on any atom is -0.246 e. The lowest BCUT2D eigenvalue weighted by molar-refractivity contribution is 0.196. The maximum Gasteiger partial charge on any atom is 0.351 e. The van der Waals surface area contributed by atoms with Gasteiger partial charge in [0.15, 0.2) is 4.90 Å². The van der Waals surface area contributed by atoms with Crippen molar-refractivity contribution in [1.29, 1.82) is 0 Å². The number of rotatable bonds is 2. The third-order valence-electron chi connectivity index (χ3n) is 2.69. The van der Waals surface area contributed by atoms with Gasteiger partial charge in [0, 0.05) is 12.6 Å². The number of nitrogens with zero attached hydrogens (tertiary/aromatic N) is 2. The minimum atomic E-state index is -4.65. The van der Waals surface area contributed by atoms with Crippen molar-refractivity contribution in [3.8, 4) is 0 Å². The smallest absolute Gasteiger partial charge is 0.246 e. The van der Waals surface area contributed by atoms with Gasteiger partial charge in [0.05, 0.1) is 6.04 Å². The van der Waals surface area contributed by atoms with Gasteiger partial charge in [0.1, 0.15) is 11.6 Å². The predicted molar refractivity (Wildman–Crippen MR) is 66.5 cm³/mol. The molecule has 1 N–H and O–H groups in total. The second kappa shape index (κ2) is 5.16. The summed E-state index contributed by atoms with van der Waals surface area (Å²) < 4.78 is 52.2. The zero-order valence-electron chi connectivity index (χ0n) is 10.4. The van der Waals surface area contributed by atoms with Gasteiger partial charge in [-0.05, 0) is 19.1 Å². The number of urea groups is 1. The molecule has 0 fully saturated rings. The monoisotopic (exact) mass is 303 g/mol. The molecule has 1 heterocycles. The second-order valence-electron chi connectivity index (χ2n) is 4.19. The van der Waals surface area contributed by atoms with Crippen molar-refractivity contribution in [3.63, 3.8) is 0 Å². The number of hydrogen-bond acceptors (Lipinski definition) is 4. The second-order valence-corrected chi connectivity index (χ2v) is 5.81. The maximum absolute atomic E-state index is 13.4. The number of carbonyl (C=O) groups is 1.